The predicted molar refractivity (Wildman–Crippen MR) is 103 cm³/mol. The number of H-pyrrole nitrogens is 1. The van der Waals surface area contributed by atoms with Crippen molar-refractivity contribution in [1.29, 1.82) is 0 Å². The molecule has 1 aliphatic rings. The Morgan fingerprint density at radius 3 is 2.75 bits per heavy atom. The lowest BCUT2D eigenvalue weighted by molar-refractivity contribution is -0.138. The lowest BCUT2D eigenvalue weighted by Gasteiger charge is -2.19. The van der Waals surface area contributed by atoms with Crippen LogP contribution in [-0.2, 0) is 23.1 Å². The summed E-state index contributed by atoms with van der Waals surface area (Å²) in [5, 5.41) is 30.1. The van der Waals surface area contributed by atoms with Crippen LogP contribution in [0.2, 0.25) is 0 Å². The standard InChI is InChI=1S/C18H19N7O3/c1-3-11-14-15(20-21-16(14)24(2)22-11)19-17(26)12-9-13(18(27)28)25(23-12)10-7-5-4-6-8-10/h4-8,13H,3,9H2,1-2H3,(H,27,28)(H2,19,20,21,26). The van der Waals surface area contributed by atoms with Gasteiger partial charge in [0.05, 0.1) is 16.8 Å². The van der Waals surface area contributed by atoms with Gasteiger partial charge in [0.1, 0.15) is 11.5 Å². The number of anilines is 2. The lowest BCUT2D eigenvalue weighted by atomic mass is 10.1. The zero-order valence-electron chi connectivity index (χ0n) is 15.4. The van der Waals surface area contributed by atoms with Crippen molar-refractivity contribution in [2.75, 3.05) is 10.3 Å². The van der Waals surface area contributed by atoms with Gasteiger partial charge < -0.3 is 10.4 Å². The third kappa shape index (κ3) is 2.88. The Morgan fingerprint density at radius 1 is 1.32 bits per heavy atom. The van der Waals surface area contributed by atoms with Crippen molar-refractivity contribution in [1.82, 2.24) is 20.0 Å². The molecule has 0 radical (unpaired) electrons. The second-order valence-electron chi connectivity index (χ2n) is 6.46. The fourth-order valence-corrected chi connectivity index (χ4v) is 3.30. The molecule has 0 aliphatic carbocycles. The summed E-state index contributed by atoms with van der Waals surface area (Å²) in [6.07, 6.45) is 0.685. The molecule has 1 aromatic carbocycles. The van der Waals surface area contributed by atoms with Gasteiger partial charge in [0, 0.05) is 13.5 Å². The van der Waals surface area contributed by atoms with Crippen LogP contribution in [0.5, 0.6) is 0 Å². The van der Waals surface area contributed by atoms with E-state index in [1.165, 1.54) is 5.01 Å². The Balaban J connectivity index is 1.63. The van der Waals surface area contributed by atoms with E-state index in [4.69, 9.17) is 0 Å². The van der Waals surface area contributed by atoms with Crippen LogP contribution in [-0.4, -0.2) is 48.7 Å². The number of hydrazone groups is 1. The van der Waals surface area contributed by atoms with Crippen LogP contribution in [0, 0.1) is 0 Å². The fraction of sp³-hybridized carbons (Fsp3) is 0.278. The SMILES string of the molecule is CCc1nn(C)c2n[nH]c(NC(=O)C3=NN(c4ccccc4)C(C(=O)O)C3)c12. The maximum atomic E-state index is 12.8. The molecule has 144 valence electrons. The highest BCUT2D eigenvalue weighted by Gasteiger charge is 2.36. The highest BCUT2D eigenvalue weighted by atomic mass is 16.4. The maximum absolute atomic E-state index is 12.8. The number of nitrogens with one attached hydrogen (secondary N) is 2. The average molecular weight is 381 g/mol. The molecule has 3 N–H and O–H groups in total. The van der Waals surface area contributed by atoms with Gasteiger partial charge in [-0.2, -0.15) is 15.3 Å². The van der Waals surface area contributed by atoms with Crippen LogP contribution in [0.3, 0.4) is 0 Å². The number of fused-ring (bicyclic) bond motifs is 1. The number of carboxylic acid groups (broad SMARTS) is 1. The van der Waals surface area contributed by atoms with Crippen LogP contribution >= 0.6 is 0 Å². The normalized spacial score (nSPS) is 16.4. The highest BCUT2D eigenvalue weighted by Crippen LogP contribution is 2.27. The van der Waals surface area contributed by atoms with Crippen LogP contribution in [0.4, 0.5) is 11.5 Å². The van der Waals surface area contributed by atoms with Gasteiger partial charge in [-0.15, -0.1) is 0 Å². The molecule has 28 heavy (non-hydrogen) atoms. The van der Waals surface area contributed by atoms with Crippen molar-refractivity contribution >= 4 is 40.1 Å². The van der Waals surface area contributed by atoms with E-state index in [1.807, 2.05) is 13.0 Å². The minimum atomic E-state index is -1.04. The van der Waals surface area contributed by atoms with Gasteiger partial charge >= 0.3 is 5.97 Å². The molecular weight excluding hydrogens is 362 g/mol. The van der Waals surface area contributed by atoms with Gasteiger partial charge in [-0.1, -0.05) is 25.1 Å². The lowest BCUT2D eigenvalue weighted by Crippen LogP contribution is -2.34. The van der Waals surface area contributed by atoms with E-state index in [-0.39, 0.29) is 12.1 Å². The van der Waals surface area contributed by atoms with Gasteiger partial charge in [-0.25, -0.2) is 9.48 Å². The van der Waals surface area contributed by atoms with Crippen molar-refractivity contribution < 1.29 is 14.7 Å². The number of para-hydroxylation sites is 1. The Labute approximate surface area is 159 Å². The Kier molecular flexibility index (Phi) is 4.30. The zero-order chi connectivity index (χ0) is 19.8. The molecule has 0 spiro atoms. The molecule has 4 rings (SSSR count). The molecule has 10 heteroatoms. The summed E-state index contributed by atoms with van der Waals surface area (Å²) in [5.74, 6) is -1.08. The number of rotatable bonds is 5. The minimum Gasteiger partial charge on any atom is -0.480 e. The predicted octanol–water partition coefficient (Wildman–Crippen LogP) is 1.52. The van der Waals surface area contributed by atoms with E-state index in [2.05, 4.69) is 25.7 Å². The minimum absolute atomic E-state index is 0.00101. The summed E-state index contributed by atoms with van der Waals surface area (Å²) in [5.41, 5.74) is 2.20. The van der Waals surface area contributed by atoms with Crippen molar-refractivity contribution in [3.05, 3.63) is 36.0 Å². The number of carbonyl (C=O) groups is 2. The van der Waals surface area contributed by atoms with Crippen LogP contribution in [0.1, 0.15) is 19.0 Å². The maximum Gasteiger partial charge on any atom is 0.328 e. The van der Waals surface area contributed by atoms with E-state index in [9.17, 15) is 14.7 Å². The number of aromatic nitrogens is 4. The first-order valence-electron chi connectivity index (χ1n) is 8.85. The van der Waals surface area contributed by atoms with E-state index < -0.39 is 17.9 Å². The molecule has 1 amide bonds. The second-order valence-corrected chi connectivity index (χ2v) is 6.46. The van der Waals surface area contributed by atoms with Crippen LogP contribution in [0.25, 0.3) is 11.0 Å². The molecule has 0 bridgehead atoms. The van der Waals surface area contributed by atoms with Crippen molar-refractivity contribution in [3.63, 3.8) is 0 Å². The third-order valence-corrected chi connectivity index (χ3v) is 4.66. The number of carboxylic acids is 1. The molecule has 0 saturated carbocycles. The first kappa shape index (κ1) is 17.7. The monoisotopic (exact) mass is 381 g/mol. The summed E-state index contributed by atoms with van der Waals surface area (Å²) in [6.45, 7) is 1.97. The number of benzene rings is 1. The smallest absolute Gasteiger partial charge is 0.328 e. The third-order valence-electron chi connectivity index (χ3n) is 4.66. The molecule has 3 heterocycles. The number of aromatic amines is 1. The van der Waals surface area contributed by atoms with Crippen molar-refractivity contribution in [2.45, 2.75) is 25.8 Å². The quantitative estimate of drug-likeness (QED) is 0.615. The van der Waals surface area contributed by atoms with E-state index >= 15 is 0 Å². The Morgan fingerprint density at radius 2 is 2.07 bits per heavy atom. The number of amides is 1. The fourth-order valence-electron chi connectivity index (χ4n) is 3.30. The molecule has 1 atom stereocenters. The number of hydrogen-bond donors (Lipinski definition) is 3. The number of aryl methyl sites for hydroxylation is 2. The zero-order valence-corrected chi connectivity index (χ0v) is 15.4. The van der Waals surface area contributed by atoms with Crippen LogP contribution in [0.15, 0.2) is 35.4 Å². The first-order valence-corrected chi connectivity index (χ1v) is 8.85. The highest BCUT2D eigenvalue weighted by molar-refractivity contribution is 6.44. The molecule has 0 saturated heterocycles. The Bertz CT molecular complexity index is 1080. The molecule has 3 aromatic rings. The summed E-state index contributed by atoms with van der Waals surface area (Å²) in [7, 11) is 1.78. The van der Waals surface area contributed by atoms with Gasteiger partial charge in [0.15, 0.2) is 11.7 Å². The molecule has 1 aliphatic heterocycles. The summed E-state index contributed by atoms with van der Waals surface area (Å²) >= 11 is 0. The Hall–Kier alpha value is -3.69. The molecule has 0 fully saturated rings. The second kappa shape index (κ2) is 6.80. The molecule has 1 unspecified atom stereocenters. The van der Waals surface area contributed by atoms with Gasteiger partial charge in [0.25, 0.3) is 5.91 Å². The first-order chi connectivity index (χ1) is 13.5. The van der Waals surface area contributed by atoms with E-state index in [1.54, 1.807) is 36.0 Å². The molecular formula is C18H19N7O3. The summed E-state index contributed by atoms with van der Waals surface area (Å²) in [4.78, 5) is 24.4. The van der Waals surface area contributed by atoms with E-state index in [0.29, 0.717) is 23.6 Å². The molecule has 2 aromatic heterocycles. The average Bonchev–Trinajstić information content (AvgIpc) is 3.38. The number of carbonyl (C=O) groups excluding carboxylic acids is 1. The summed E-state index contributed by atoms with van der Waals surface area (Å²) in [6, 6.07) is 7.98. The van der Waals surface area contributed by atoms with Gasteiger partial charge in [-0.3, -0.25) is 14.9 Å². The number of aliphatic carboxylic acids is 1. The van der Waals surface area contributed by atoms with Gasteiger partial charge in [0.2, 0.25) is 0 Å². The topological polar surface area (TPSA) is 128 Å². The van der Waals surface area contributed by atoms with Gasteiger partial charge in [-0.05, 0) is 18.6 Å². The number of nitrogens with zero attached hydrogens (tertiary/aromatic N) is 5. The largest absolute Gasteiger partial charge is 0.480 e. The van der Waals surface area contributed by atoms with Crippen molar-refractivity contribution in [3.8, 4) is 0 Å². The number of hydrogen-bond acceptors (Lipinski definition) is 6. The molecule has 10 nitrogen and oxygen atoms in total. The van der Waals surface area contributed by atoms with Crippen LogP contribution < -0.4 is 10.3 Å². The summed E-state index contributed by atoms with van der Waals surface area (Å²) < 4.78 is 1.64. The van der Waals surface area contributed by atoms with Crippen molar-refractivity contribution in [2.24, 2.45) is 12.1 Å². The van der Waals surface area contributed by atoms with E-state index in [0.717, 1.165) is 11.1 Å².